The average molecular weight is 359 g/mol. The van der Waals surface area contributed by atoms with E-state index in [1.165, 1.54) is 51.4 Å². The molecule has 1 aliphatic rings. The number of hydrogen-bond donors (Lipinski definition) is 3. The van der Waals surface area contributed by atoms with Crippen molar-refractivity contribution in [1.82, 2.24) is 0 Å². The van der Waals surface area contributed by atoms with Crippen LogP contribution in [0, 0.1) is 0 Å². The van der Waals surface area contributed by atoms with Crippen LogP contribution in [0.2, 0.25) is 0 Å². The Morgan fingerprint density at radius 1 is 0.920 bits per heavy atom. The van der Waals surface area contributed by atoms with Crippen molar-refractivity contribution >= 4 is 0 Å². The highest BCUT2D eigenvalue weighted by Crippen LogP contribution is 2.18. The minimum absolute atomic E-state index is 0.217. The van der Waals surface area contributed by atoms with Crippen molar-refractivity contribution in [2.75, 3.05) is 19.8 Å². The van der Waals surface area contributed by atoms with E-state index >= 15 is 0 Å². The maximum atomic E-state index is 9.96. The fourth-order valence-electron chi connectivity index (χ4n) is 3.03. The minimum Gasteiger partial charge on any atom is -0.394 e. The summed E-state index contributed by atoms with van der Waals surface area (Å²) in [5.74, 6) is 0. The van der Waals surface area contributed by atoms with Gasteiger partial charge >= 0.3 is 0 Å². The van der Waals surface area contributed by atoms with E-state index in [1.807, 2.05) is 0 Å². The van der Waals surface area contributed by atoms with Crippen molar-refractivity contribution in [3.63, 3.8) is 0 Å². The Labute approximate surface area is 153 Å². The summed E-state index contributed by atoms with van der Waals surface area (Å²) in [5, 5.41) is 28.8. The molecule has 148 valence electrons. The second-order valence-electron chi connectivity index (χ2n) is 6.97. The first-order valence-corrected chi connectivity index (χ1v) is 10.1. The fourth-order valence-corrected chi connectivity index (χ4v) is 3.03. The van der Waals surface area contributed by atoms with Gasteiger partial charge < -0.3 is 24.8 Å². The van der Waals surface area contributed by atoms with E-state index in [-0.39, 0.29) is 13.2 Å². The van der Waals surface area contributed by atoms with Crippen LogP contribution >= 0.6 is 0 Å². The van der Waals surface area contributed by atoms with Gasteiger partial charge in [0, 0.05) is 6.61 Å². The van der Waals surface area contributed by atoms with Crippen LogP contribution in [0.25, 0.3) is 0 Å². The van der Waals surface area contributed by atoms with Crippen LogP contribution in [0.4, 0.5) is 0 Å². The van der Waals surface area contributed by atoms with Crippen molar-refractivity contribution in [3.05, 3.63) is 12.2 Å². The van der Waals surface area contributed by atoms with Gasteiger partial charge in [-0.3, -0.25) is 0 Å². The first kappa shape index (κ1) is 22.6. The van der Waals surface area contributed by atoms with Crippen molar-refractivity contribution < 1.29 is 24.8 Å². The zero-order valence-electron chi connectivity index (χ0n) is 15.8. The van der Waals surface area contributed by atoms with Crippen molar-refractivity contribution in [2.45, 2.75) is 95.5 Å². The highest BCUT2D eigenvalue weighted by atomic mass is 16.6. The third-order valence-electron chi connectivity index (χ3n) is 4.75. The van der Waals surface area contributed by atoms with Crippen LogP contribution in [-0.2, 0) is 9.47 Å². The Morgan fingerprint density at radius 3 is 2.24 bits per heavy atom. The Bertz CT molecular complexity index is 334. The van der Waals surface area contributed by atoms with Gasteiger partial charge in [-0.05, 0) is 25.7 Å². The van der Waals surface area contributed by atoms with E-state index < -0.39 is 24.4 Å². The molecule has 0 aromatic carbocycles. The highest BCUT2D eigenvalue weighted by Gasteiger charge is 2.38. The Balaban J connectivity index is 1.91. The van der Waals surface area contributed by atoms with E-state index in [0.717, 1.165) is 12.8 Å². The van der Waals surface area contributed by atoms with Gasteiger partial charge in [0.1, 0.15) is 24.4 Å². The molecule has 0 aliphatic carbocycles. The summed E-state index contributed by atoms with van der Waals surface area (Å²) in [6.45, 7) is 2.72. The minimum atomic E-state index is -1.08. The van der Waals surface area contributed by atoms with Gasteiger partial charge in [-0.1, -0.05) is 57.6 Å². The number of allylic oxidation sites excluding steroid dienone is 2. The van der Waals surface area contributed by atoms with Crippen molar-refractivity contribution in [2.24, 2.45) is 0 Å². The van der Waals surface area contributed by atoms with Crippen LogP contribution in [0.3, 0.4) is 0 Å². The van der Waals surface area contributed by atoms with Crippen molar-refractivity contribution in [3.8, 4) is 0 Å². The normalized spacial score (nSPS) is 27.2. The predicted molar refractivity (Wildman–Crippen MR) is 99.6 cm³/mol. The maximum absolute atomic E-state index is 9.96. The van der Waals surface area contributed by atoms with Gasteiger partial charge in [0.15, 0.2) is 0 Å². The number of rotatable bonds is 14. The lowest BCUT2D eigenvalue weighted by Crippen LogP contribution is -2.55. The first-order chi connectivity index (χ1) is 12.2. The second-order valence-corrected chi connectivity index (χ2v) is 6.97. The van der Waals surface area contributed by atoms with E-state index in [2.05, 4.69) is 19.1 Å². The smallest absolute Gasteiger partial charge is 0.111 e. The molecular formula is C20H38O5. The number of hydrogen-bond acceptors (Lipinski definition) is 5. The number of aliphatic hydroxyl groups is 3. The molecule has 0 unspecified atom stereocenters. The zero-order valence-corrected chi connectivity index (χ0v) is 15.8. The molecular weight excluding hydrogens is 320 g/mol. The SMILES string of the molecule is CCCC/C=C/CCCCCCCCO[C@@H]1CO[C@@H](CO)[C@H](O)[C@H]1O. The Morgan fingerprint density at radius 2 is 1.56 bits per heavy atom. The van der Waals surface area contributed by atoms with Crippen LogP contribution in [-0.4, -0.2) is 59.6 Å². The van der Waals surface area contributed by atoms with Crippen LogP contribution in [0.1, 0.15) is 71.1 Å². The molecule has 25 heavy (non-hydrogen) atoms. The molecule has 0 amide bonds. The van der Waals surface area contributed by atoms with Gasteiger partial charge in [-0.15, -0.1) is 0 Å². The lowest BCUT2D eigenvalue weighted by Gasteiger charge is -2.36. The van der Waals surface area contributed by atoms with Gasteiger partial charge in [-0.2, -0.15) is 0 Å². The van der Waals surface area contributed by atoms with Gasteiger partial charge in [0.05, 0.1) is 13.2 Å². The maximum Gasteiger partial charge on any atom is 0.111 e. The van der Waals surface area contributed by atoms with E-state index in [4.69, 9.17) is 14.6 Å². The molecule has 1 rings (SSSR count). The molecule has 1 aliphatic heterocycles. The van der Waals surface area contributed by atoms with Crippen molar-refractivity contribution in [1.29, 1.82) is 0 Å². The first-order valence-electron chi connectivity index (χ1n) is 10.1. The van der Waals surface area contributed by atoms with E-state index in [0.29, 0.717) is 6.61 Å². The lowest BCUT2D eigenvalue weighted by atomic mass is 10.0. The van der Waals surface area contributed by atoms with Gasteiger partial charge in [0.2, 0.25) is 0 Å². The Kier molecular flexibility index (Phi) is 13.3. The van der Waals surface area contributed by atoms with Gasteiger partial charge in [0.25, 0.3) is 0 Å². The largest absolute Gasteiger partial charge is 0.394 e. The summed E-state index contributed by atoms with van der Waals surface area (Å²) in [7, 11) is 0. The standard InChI is InChI=1S/C20H38O5/c1-2-3-4-5-6-7-8-9-10-11-12-13-14-24-18-16-25-17(15-21)19(22)20(18)23/h5-6,17-23H,2-4,7-16H2,1H3/b6-5+/t17-,18+,19-,20-/m0/s1. The molecule has 5 nitrogen and oxygen atoms in total. The fraction of sp³-hybridized carbons (Fsp3) is 0.900. The summed E-state index contributed by atoms with van der Waals surface area (Å²) in [6, 6.07) is 0. The van der Waals surface area contributed by atoms with Crippen LogP contribution in [0.5, 0.6) is 0 Å². The average Bonchev–Trinajstić information content (AvgIpc) is 2.62. The number of aliphatic hydroxyl groups excluding tert-OH is 3. The molecule has 0 bridgehead atoms. The molecule has 0 radical (unpaired) electrons. The monoisotopic (exact) mass is 358 g/mol. The molecule has 0 saturated carbocycles. The molecule has 0 spiro atoms. The quantitative estimate of drug-likeness (QED) is 0.329. The summed E-state index contributed by atoms with van der Waals surface area (Å²) in [4.78, 5) is 0. The van der Waals surface area contributed by atoms with Gasteiger partial charge in [-0.25, -0.2) is 0 Å². The summed E-state index contributed by atoms with van der Waals surface area (Å²) >= 11 is 0. The number of ether oxygens (including phenoxy) is 2. The topological polar surface area (TPSA) is 79.2 Å². The van der Waals surface area contributed by atoms with Crippen LogP contribution in [0.15, 0.2) is 12.2 Å². The lowest BCUT2D eigenvalue weighted by molar-refractivity contribution is -0.208. The van der Waals surface area contributed by atoms with E-state index in [9.17, 15) is 10.2 Å². The summed E-state index contributed by atoms with van der Waals surface area (Å²) in [5.41, 5.74) is 0. The molecule has 4 atom stereocenters. The van der Waals surface area contributed by atoms with Crippen LogP contribution < -0.4 is 0 Å². The van der Waals surface area contributed by atoms with E-state index in [1.54, 1.807) is 0 Å². The third-order valence-corrected chi connectivity index (χ3v) is 4.75. The molecule has 1 heterocycles. The molecule has 3 N–H and O–H groups in total. The number of unbranched alkanes of at least 4 members (excludes halogenated alkanes) is 8. The molecule has 1 fully saturated rings. The third kappa shape index (κ3) is 9.71. The Hall–Kier alpha value is -0.460. The molecule has 0 aromatic heterocycles. The molecule has 5 heteroatoms. The second kappa shape index (κ2) is 14.7. The molecule has 0 aromatic rings. The summed E-state index contributed by atoms with van der Waals surface area (Å²) in [6.07, 6.45) is 13.4. The highest BCUT2D eigenvalue weighted by molar-refractivity contribution is 4.87. The zero-order chi connectivity index (χ0) is 18.3. The summed E-state index contributed by atoms with van der Waals surface area (Å²) < 4.78 is 10.9. The predicted octanol–water partition coefficient (Wildman–Crippen LogP) is 2.96. The molecule has 1 saturated heterocycles.